The van der Waals surface area contributed by atoms with Crippen LogP contribution >= 0.6 is 11.6 Å². The second kappa shape index (κ2) is 9.21. The van der Waals surface area contributed by atoms with Crippen LogP contribution in [0.1, 0.15) is 25.7 Å². The van der Waals surface area contributed by atoms with E-state index in [1.165, 1.54) is 31.4 Å². The summed E-state index contributed by atoms with van der Waals surface area (Å²) in [5.41, 5.74) is 0.185. The Kier molecular flexibility index (Phi) is 7.27. The number of anilines is 1. The number of halogens is 2. The minimum absolute atomic E-state index is 0.163. The molecule has 0 bridgehead atoms. The third-order valence-corrected chi connectivity index (χ3v) is 4.61. The van der Waals surface area contributed by atoms with Gasteiger partial charge in [0.15, 0.2) is 0 Å². The van der Waals surface area contributed by atoms with E-state index >= 15 is 0 Å². The molecule has 1 aliphatic heterocycles. The van der Waals surface area contributed by atoms with E-state index in [1.807, 2.05) is 7.05 Å². The predicted molar refractivity (Wildman–Crippen MR) is 92.4 cm³/mol. The number of benzene rings is 1. The molecule has 4 nitrogen and oxygen atoms in total. The minimum Gasteiger partial charge on any atom is -0.324 e. The van der Waals surface area contributed by atoms with Gasteiger partial charge in [0.1, 0.15) is 5.82 Å². The SMILES string of the molecule is CNCCC1CCN(CCC(=O)Nc2ccc(Cl)cc2F)CC1. The molecular formula is C17H25ClFN3O. The lowest BCUT2D eigenvalue weighted by atomic mass is 9.93. The van der Waals surface area contributed by atoms with Crippen LogP contribution in [0.2, 0.25) is 5.02 Å². The molecule has 128 valence electrons. The quantitative estimate of drug-likeness (QED) is 0.801. The second-order valence-electron chi connectivity index (χ2n) is 6.10. The molecule has 1 fully saturated rings. The number of nitrogens with one attached hydrogen (secondary N) is 2. The van der Waals surface area contributed by atoms with Gasteiger partial charge in [-0.05, 0) is 70.1 Å². The Hall–Kier alpha value is -1.17. The van der Waals surface area contributed by atoms with Crippen molar-refractivity contribution in [2.45, 2.75) is 25.7 Å². The van der Waals surface area contributed by atoms with Crippen LogP contribution in [-0.4, -0.2) is 44.0 Å². The molecule has 1 saturated heterocycles. The first-order chi connectivity index (χ1) is 11.1. The van der Waals surface area contributed by atoms with E-state index in [4.69, 9.17) is 11.6 Å². The summed E-state index contributed by atoms with van der Waals surface area (Å²) in [6.45, 7) is 3.87. The number of nitrogens with zero attached hydrogens (tertiary/aromatic N) is 1. The molecular weight excluding hydrogens is 317 g/mol. The zero-order chi connectivity index (χ0) is 16.7. The summed E-state index contributed by atoms with van der Waals surface area (Å²) in [5.74, 6) is 0.121. The number of rotatable bonds is 7. The third kappa shape index (κ3) is 6.09. The van der Waals surface area contributed by atoms with Crippen LogP contribution in [-0.2, 0) is 4.79 Å². The number of carbonyl (C=O) groups is 1. The van der Waals surface area contributed by atoms with Gasteiger partial charge in [-0.2, -0.15) is 0 Å². The van der Waals surface area contributed by atoms with Crippen molar-refractivity contribution in [3.8, 4) is 0 Å². The Morgan fingerprint density at radius 3 is 2.78 bits per heavy atom. The van der Waals surface area contributed by atoms with Crippen molar-refractivity contribution in [2.24, 2.45) is 5.92 Å². The van der Waals surface area contributed by atoms with Gasteiger partial charge in [-0.1, -0.05) is 11.6 Å². The fourth-order valence-electron chi connectivity index (χ4n) is 2.91. The van der Waals surface area contributed by atoms with E-state index in [0.717, 1.165) is 32.1 Å². The summed E-state index contributed by atoms with van der Waals surface area (Å²) in [5, 5.41) is 6.12. The van der Waals surface area contributed by atoms with Gasteiger partial charge in [-0.15, -0.1) is 0 Å². The maximum atomic E-state index is 13.6. The molecule has 1 aromatic carbocycles. The van der Waals surface area contributed by atoms with Gasteiger partial charge in [0.05, 0.1) is 5.69 Å². The van der Waals surface area contributed by atoms with E-state index in [1.54, 1.807) is 6.07 Å². The summed E-state index contributed by atoms with van der Waals surface area (Å²) in [7, 11) is 1.98. The minimum atomic E-state index is -0.504. The molecule has 1 aliphatic rings. The first-order valence-electron chi connectivity index (χ1n) is 8.20. The van der Waals surface area contributed by atoms with Crippen molar-refractivity contribution in [2.75, 3.05) is 38.5 Å². The first-order valence-corrected chi connectivity index (χ1v) is 8.58. The molecule has 0 aliphatic carbocycles. The normalized spacial score (nSPS) is 16.5. The van der Waals surface area contributed by atoms with Crippen molar-refractivity contribution in [3.63, 3.8) is 0 Å². The van der Waals surface area contributed by atoms with Crippen LogP contribution in [0.3, 0.4) is 0 Å². The molecule has 1 amide bonds. The fraction of sp³-hybridized carbons (Fsp3) is 0.588. The number of hydrogen-bond donors (Lipinski definition) is 2. The van der Waals surface area contributed by atoms with Crippen molar-refractivity contribution in [1.82, 2.24) is 10.2 Å². The van der Waals surface area contributed by atoms with Crippen LogP contribution in [0, 0.1) is 11.7 Å². The van der Waals surface area contributed by atoms with Gasteiger partial charge >= 0.3 is 0 Å². The largest absolute Gasteiger partial charge is 0.324 e. The van der Waals surface area contributed by atoms with Gasteiger partial charge in [-0.3, -0.25) is 4.79 Å². The van der Waals surface area contributed by atoms with Crippen molar-refractivity contribution < 1.29 is 9.18 Å². The molecule has 2 rings (SSSR count). The maximum absolute atomic E-state index is 13.6. The van der Waals surface area contributed by atoms with Crippen LogP contribution in [0.5, 0.6) is 0 Å². The lowest BCUT2D eigenvalue weighted by molar-refractivity contribution is -0.116. The van der Waals surface area contributed by atoms with Gasteiger partial charge in [0.25, 0.3) is 0 Å². The highest BCUT2D eigenvalue weighted by Gasteiger charge is 2.19. The van der Waals surface area contributed by atoms with Gasteiger partial charge in [-0.25, -0.2) is 4.39 Å². The summed E-state index contributed by atoms with van der Waals surface area (Å²) >= 11 is 5.70. The summed E-state index contributed by atoms with van der Waals surface area (Å²) < 4.78 is 13.6. The summed E-state index contributed by atoms with van der Waals surface area (Å²) in [4.78, 5) is 14.3. The standard InChI is InChI=1S/C17H25ClFN3O/c1-20-8-4-13-5-9-22(10-6-13)11-7-17(23)21-16-3-2-14(18)12-15(16)19/h2-3,12-13,20H,4-11H2,1H3,(H,21,23). The van der Waals surface area contributed by atoms with Crippen LogP contribution < -0.4 is 10.6 Å². The van der Waals surface area contributed by atoms with Crippen molar-refractivity contribution in [3.05, 3.63) is 29.0 Å². The Morgan fingerprint density at radius 2 is 2.13 bits per heavy atom. The molecule has 1 aromatic rings. The van der Waals surface area contributed by atoms with Crippen molar-refractivity contribution >= 4 is 23.2 Å². The van der Waals surface area contributed by atoms with Crippen LogP contribution in [0.25, 0.3) is 0 Å². The molecule has 0 aromatic heterocycles. The van der Waals surface area contributed by atoms with Gasteiger partial charge in [0, 0.05) is 18.0 Å². The zero-order valence-corrected chi connectivity index (χ0v) is 14.3. The Bertz CT molecular complexity index is 519. The number of likely N-dealkylation sites (tertiary alicyclic amines) is 1. The van der Waals surface area contributed by atoms with Crippen LogP contribution in [0.15, 0.2) is 18.2 Å². The second-order valence-corrected chi connectivity index (χ2v) is 6.54. The molecule has 2 N–H and O–H groups in total. The smallest absolute Gasteiger partial charge is 0.225 e. The van der Waals surface area contributed by atoms with E-state index in [-0.39, 0.29) is 11.6 Å². The fourth-order valence-corrected chi connectivity index (χ4v) is 3.07. The third-order valence-electron chi connectivity index (χ3n) is 4.37. The average Bonchev–Trinajstić information content (AvgIpc) is 2.54. The lowest BCUT2D eigenvalue weighted by Crippen LogP contribution is -2.36. The number of carbonyl (C=O) groups excluding carboxylic acids is 1. The van der Waals surface area contributed by atoms with E-state index in [2.05, 4.69) is 15.5 Å². The van der Waals surface area contributed by atoms with Crippen LogP contribution in [0.4, 0.5) is 10.1 Å². The molecule has 0 atom stereocenters. The highest BCUT2D eigenvalue weighted by Crippen LogP contribution is 2.21. The maximum Gasteiger partial charge on any atom is 0.225 e. The summed E-state index contributed by atoms with van der Waals surface area (Å²) in [6, 6.07) is 4.26. The molecule has 23 heavy (non-hydrogen) atoms. The monoisotopic (exact) mass is 341 g/mol. The van der Waals surface area contributed by atoms with E-state index in [9.17, 15) is 9.18 Å². The number of hydrogen-bond acceptors (Lipinski definition) is 3. The predicted octanol–water partition coefficient (Wildman–Crippen LogP) is 3.13. The molecule has 0 unspecified atom stereocenters. The first kappa shape index (κ1) is 18.2. The highest BCUT2D eigenvalue weighted by molar-refractivity contribution is 6.30. The topological polar surface area (TPSA) is 44.4 Å². The van der Waals surface area contributed by atoms with E-state index < -0.39 is 5.82 Å². The Labute approximate surface area is 142 Å². The highest BCUT2D eigenvalue weighted by atomic mass is 35.5. The summed E-state index contributed by atoms with van der Waals surface area (Å²) in [6.07, 6.45) is 3.98. The number of amides is 1. The Balaban J connectivity index is 1.69. The molecule has 6 heteroatoms. The molecule has 0 spiro atoms. The molecule has 0 saturated carbocycles. The number of piperidine rings is 1. The Morgan fingerprint density at radius 1 is 1.39 bits per heavy atom. The lowest BCUT2D eigenvalue weighted by Gasteiger charge is -2.31. The molecule has 1 heterocycles. The molecule has 0 radical (unpaired) electrons. The van der Waals surface area contributed by atoms with Gasteiger partial charge < -0.3 is 15.5 Å². The van der Waals surface area contributed by atoms with Crippen molar-refractivity contribution in [1.29, 1.82) is 0 Å². The van der Waals surface area contributed by atoms with E-state index in [0.29, 0.717) is 11.4 Å². The van der Waals surface area contributed by atoms with Gasteiger partial charge in [0.2, 0.25) is 5.91 Å². The zero-order valence-electron chi connectivity index (χ0n) is 13.6. The average molecular weight is 342 g/mol.